The standard InChI is InChI=1S/C13H16BrNO3.C8H5BrO4/c1-13(2,3)7-15-11(16)8-4-5-10(14)9(6-8)12(17)18;9-6-2-1-4(7(10)11)3-5(6)8(12)13/h4-6H,7H2,1-3H3,(H,15,16)(H,17,18);1-3H,(H,10,11)(H,12,13). The van der Waals surface area contributed by atoms with E-state index in [-0.39, 0.29) is 28.0 Å². The lowest BCUT2D eigenvalue weighted by atomic mass is 9.97. The molecule has 0 bridgehead atoms. The third-order valence-corrected chi connectivity index (χ3v) is 5.06. The fourth-order valence-corrected chi connectivity index (χ4v) is 2.93. The number of benzene rings is 2. The zero-order valence-corrected chi connectivity index (χ0v) is 20.1. The Bertz CT molecular complexity index is 1010. The number of halogens is 2. The van der Waals surface area contributed by atoms with Gasteiger partial charge in [-0.15, -0.1) is 0 Å². The monoisotopic (exact) mass is 557 g/mol. The summed E-state index contributed by atoms with van der Waals surface area (Å²) < 4.78 is 0.826. The predicted octanol–water partition coefficient (Wildman–Crippen LogP) is 4.77. The van der Waals surface area contributed by atoms with E-state index >= 15 is 0 Å². The first-order chi connectivity index (χ1) is 14.2. The maximum Gasteiger partial charge on any atom is 0.336 e. The quantitative estimate of drug-likeness (QED) is 0.414. The van der Waals surface area contributed by atoms with Crippen molar-refractivity contribution in [2.75, 3.05) is 6.54 Å². The van der Waals surface area contributed by atoms with Crippen LogP contribution in [0.15, 0.2) is 45.3 Å². The van der Waals surface area contributed by atoms with E-state index in [1.807, 2.05) is 20.8 Å². The van der Waals surface area contributed by atoms with Gasteiger partial charge in [0.1, 0.15) is 0 Å². The van der Waals surface area contributed by atoms with Crippen LogP contribution in [0.1, 0.15) is 62.2 Å². The van der Waals surface area contributed by atoms with E-state index in [9.17, 15) is 19.2 Å². The molecule has 0 aliphatic rings. The van der Waals surface area contributed by atoms with Gasteiger partial charge in [0.25, 0.3) is 5.91 Å². The minimum absolute atomic E-state index is 0.0132. The van der Waals surface area contributed by atoms with Crippen molar-refractivity contribution >= 4 is 55.7 Å². The Kier molecular flexibility index (Phi) is 9.39. The number of nitrogens with one attached hydrogen (secondary N) is 1. The second-order valence-electron chi connectivity index (χ2n) is 7.55. The third kappa shape index (κ3) is 8.50. The van der Waals surface area contributed by atoms with Gasteiger partial charge >= 0.3 is 17.9 Å². The SMILES string of the molecule is CC(C)(C)CNC(=O)c1ccc(Br)c(C(=O)O)c1.O=C(O)c1ccc(Br)c(C(=O)O)c1. The van der Waals surface area contributed by atoms with Gasteiger partial charge in [-0.3, -0.25) is 4.79 Å². The highest BCUT2D eigenvalue weighted by molar-refractivity contribution is 9.10. The van der Waals surface area contributed by atoms with Crippen molar-refractivity contribution in [3.05, 3.63) is 67.6 Å². The number of carbonyl (C=O) groups excluding carboxylic acids is 1. The van der Waals surface area contributed by atoms with Crippen molar-refractivity contribution in [2.45, 2.75) is 20.8 Å². The molecule has 0 fully saturated rings. The Hall–Kier alpha value is -2.72. The molecule has 0 aliphatic heterocycles. The molecule has 0 atom stereocenters. The fraction of sp³-hybridized carbons (Fsp3) is 0.238. The lowest BCUT2D eigenvalue weighted by Crippen LogP contribution is -2.32. The molecule has 2 rings (SSSR count). The molecule has 31 heavy (non-hydrogen) atoms. The van der Waals surface area contributed by atoms with Gasteiger partial charge in [-0.05, 0) is 73.7 Å². The summed E-state index contributed by atoms with van der Waals surface area (Å²) in [5.41, 5.74) is 0.319. The van der Waals surface area contributed by atoms with Gasteiger partial charge in [-0.1, -0.05) is 20.8 Å². The van der Waals surface area contributed by atoms with Gasteiger partial charge in [-0.2, -0.15) is 0 Å². The van der Waals surface area contributed by atoms with Gasteiger partial charge in [0.15, 0.2) is 0 Å². The number of hydrogen-bond donors (Lipinski definition) is 4. The lowest BCUT2D eigenvalue weighted by molar-refractivity contribution is 0.0681. The van der Waals surface area contributed by atoms with Gasteiger partial charge in [0.05, 0.1) is 16.7 Å². The summed E-state index contributed by atoms with van der Waals surface area (Å²) in [7, 11) is 0. The van der Waals surface area contributed by atoms with Crippen LogP contribution in [0.4, 0.5) is 0 Å². The van der Waals surface area contributed by atoms with Crippen molar-refractivity contribution in [1.29, 1.82) is 0 Å². The second-order valence-corrected chi connectivity index (χ2v) is 9.26. The van der Waals surface area contributed by atoms with Crippen molar-refractivity contribution in [3.63, 3.8) is 0 Å². The Labute approximate surface area is 195 Å². The average Bonchev–Trinajstić information content (AvgIpc) is 2.66. The minimum Gasteiger partial charge on any atom is -0.478 e. The average molecular weight is 559 g/mol. The lowest BCUT2D eigenvalue weighted by Gasteiger charge is -2.18. The molecule has 0 radical (unpaired) electrons. The van der Waals surface area contributed by atoms with E-state index in [4.69, 9.17) is 15.3 Å². The molecule has 4 N–H and O–H groups in total. The van der Waals surface area contributed by atoms with Crippen LogP contribution in [0.2, 0.25) is 0 Å². The van der Waals surface area contributed by atoms with E-state index in [1.54, 1.807) is 12.1 Å². The van der Waals surface area contributed by atoms with E-state index < -0.39 is 17.9 Å². The molecule has 2 aromatic rings. The first kappa shape index (κ1) is 26.3. The van der Waals surface area contributed by atoms with Crippen LogP contribution in [0, 0.1) is 5.41 Å². The zero-order valence-electron chi connectivity index (χ0n) is 16.9. The molecule has 8 nitrogen and oxygen atoms in total. The molecule has 0 aliphatic carbocycles. The number of carbonyl (C=O) groups is 4. The minimum atomic E-state index is -1.16. The van der Waals surface area contributed by atoms with Crippen LogP contribution in [0.25, 0.3) is 0 Å². The van der Waals surface area contributed by atoms with Crippen LogP contribution in [-0.2, 0) is 0 Å². The fourth-order valence-electron chi connectivity index (χ4n) is 2.10. The Morgan fingerprint density at radius 2 is 1.19 bits per heavy atom. The molecule has 0 saturated carbocycles. The zero-order chi connectivity index (χ0) is 23.9. The summed E-state index contributed by atoms with van der Waals surface area (Å²) in [6.45, 7) is 6.57. The van der Waals surface area contributed by atoms with E-state index in [0.717, 1.165) is 6.07 Å². The first-order valence-electron chi connectivity index (χ1n) is 8.80. The largest absolute Gasteiger partial charge is 0.478 e. The van der Waals surface area contributed by atoms with Crippen molar-refractivity contribution in [2.24, 2.45) is 5.41 Å². The third-order valence-electron chi connectivity index (χ3n) is 3.68. The van der Waals surface area contributed by atoms with E-state index in [1.165, 1.54) is 18.2 Å². The topological polar surface area (TPSA) is 141 Å². The number of rotatable bonds is 5. The van der Waals surface area contributed by atoms with Gasteiger partial charge in [-0.25, -0.2) is 14.4 Å². The molecule has 166 valence electrons. The number of carboxylic acid groups (broad SMARTS) is 3. The Morgan fingerprint density at radius 1 is 0.774 bits per heavy atom. The van der Waals surface area contributed by atoms with Crippen LogP contribution < -0.4 is 5.32 Å². The van der Waals surface area contributed by atoms with E-state index in [0.29, 0.717) is 21.1 Å². The summed E-state index contributed by atoms with van der Waals surface area (Å²) in [5, 5.41) is 29.0. The summed E-state index contributed by atoms with van der Waals surface area (Å²) in [6.07, 6.45) is 0. The van der Waals surface area contributed by atoms with Crippen LogP contribution >= 0.6 is 31.9 Å². The van der Waals surface area contributed by atoms with Crippen molar-refractivity contribution < 1.29 is 34.5 Å². The molecule has 0 saturated heterocycles. The highest BCUT2D eigenvalue weighted by Crippen LogP contribution is 2.19. The van der Waals surface area contributed by atoms with Crippen LogP contribution in [0.3, 0.4) is 0 Å². The molecule has 0 aromatic heterocycles. The second kappa shape index (κ2) is 11.1. The number of carboxylic acids is 3. The Balaban J connectivity index is 0.000000327. The number of aromatic carboxylic acids is 3. The first-order valence-corrected chi connectivity index (χ1v) is 10.4. The molecular weight excluding hydrogens is 538 g/mol. The highest BCUT2D eigenvalue weighted by Gasteiger charge is 2.16. The molecule has 0 heterocycles. The molecule has 0 unspecified atom stereocenters. The molecular formula is C21H21Br2NO7. The highest BCUT2D eigenvalue weighted by atomic mass is 79.9. The molecule has 2 aromatic carbocycles. The number of hydrogen-bond acceptors (Lipinski definition) is 4. The smallest absolute Gasteiger partial charge is 0.336 e. The summed E-state index contributed by atoms with van der Waals surface area (Å²) in [5.74, 6) is -3.63. The maximum atomic E-state index is 11.9. The van der Waals surface area contributed by atoms with Crippen molar-refractivity contribution in [3.8, 4) is 0 Å². The predicted molar refractivity (Wildman–Crippen MR) is 121 cm³/mol. The summed E-state index contributed by atoms with van der Waals surface area (Å²) in [6, 6.07) is 8.36. The molecule has 10 heteroatoms. The number of amides is 1. The van der Waals surface area contributed by atoms with Gasteiger partial charge in [0, 0.05) is 21.1 Å². The van der Waals surface area contributed by atoms with Crippen LogP contribution in [-0.4, -0.2) is 45.7 Å². The molecule has 1 amide bonds. The summed E-state index contributed by atoms with van der Waals surface area (Å²) in [4.78, 5) is 43.9. The van der Waals surface area contributed by atoms with Gasteiger partial charge in [0.2, 0.25) is 0 Å². The normalized spacial score (nSPS) is 10.5. The van der Waals surface area contributed by atoms with Crippen molar-refractivity contribution in [1.82, 2.24) is 5.32 Å². The van der Waals surface area contributed by atoms with Gasteiger partial charge < -0.3 is 20.6 Å². The Morgan fingerprint density at radius 3 is 1.58 bits per heavy atom. The van der Waals surface area contributed by atoms with Crippen LogP contribution in [0.5, 0.6) is 0 Å². The van der Waals surface area contributed by atoms with E-state index in [2.05, 4.69) is 37.2 Å². The molecule has 0 spiro atoms. The summed E-state index contributed by atoms with van der Waals surface area (Å²) >= 11 is 6.14. The maximum absolute atomic E-state index is 11.9.